The number of benzene rings is 3. The van der Waals surface area contributed by atoms with Gasteiger partial charge in [-0.3, -0.25) is 0 Å². The van der Waals surface area contributed by atoms with Gasteiger partial charge in [0.2, 0.25) is 11.9 Å². The van der Waals surface area contributed by atoms with Crippen LogP contribution in [0.3, 0.4) is 0 Å². The van der Waals surface area contributed by atoms with Crippen LogP contribution in [0.2, 0.25) is 0 Å². The summed E-state index contributed by atoms with van der Waals surface area (Å²) in [6.45, 7) is 14.0. The van der Waals surface area contributed by atoms with Gasteiger partial charge in [-0.1, -0.05) is 496 Å². The maximum atomic E-state index is 5.44. The zero-order valence-corrected chi connectivity index (χ0v) is 74.7. The molecule has 0 saturated carbocycles. The normalized spacial score (nSPS) is 11.7. The number of rotatable bonds is 83. The maximum Gasteiger partial charge on any atom is 0.232 e. The molecule has 0 aliphatic heterocycles. The quantitative estimate of drug-likeness (QED) is 0.0431. The first-order valence-electron chi connectivity index (χ1n) is 50.2. The summed E-state index contributed by atoms with van der Waals surface area (Å²) in [4.78, 5) is 16.2. The third-order valence-electron chi connectivity index (χ3n) is 24.8. The number of aromatic nitrogens is 3. The molecule has 0 atom stereocenters. The molecule has 0 aliphatic carbocycles. The molecule has 630 valence electrons. The lowest BCUT2D eigenvalue weighted by molar-refractivity contribution is 0.540. The van der Waals surface area contributed by atoms with E-state index in [0.29, 0.717) is 11.9 Å². The number of hydrogen-bond acceptors (Lipinski definition) is 5. The summed E-state index contributed by atoms with van der Waals surface area (Å²) in [5.41, 5.74) is 13.0. The minimum absolute atomic E-state index is 0.639. The van der Waals surface area contributed by atoms with Crippen molar-refractivity contribution in [2.45, 2.75) is 542 Å². The highest BCUT2D eigenvalue weighted by Gasteiger charge is 2.18. The van der Waals surface area contributed by atoms with Crippen molar-refractivity contribution in [2.75, 3.05) is 10.6 Å². The first-order valence-corrected chi connectivity index (χ1v) is 50.2. The van der Waals surface area contributed by atoms with E-state index in [4.69, 9.17) is 15.0 Å². The molecule has 3 aromatic carbocycles. The van der Waals surface area contributed by atoms with Gasteiger partial charge in [0.1, 0.15) is 0 Å². The lowest BCUT2D eigenvalue weighted by Gasteiger charge is -2.20. The van der Waals surface area contributed by atoms with E-state index in [1.165, 1.54) is 475 Å². The molecule has 0 unspecified atom stereocenters. The molecule has 1 heterocycles. The van der Waals surface area contributed by atoms with Crippen molar-refractivity contribution in [1.82, 2.24) is 15.0 Å². The number of anilines is 4. The zero-order chi connectivity index (χ0) is 78.0. The molecule has 0 amide bonds. The monoisotopic (exact) mass is 1520 g/mol. The van der Waals surface area contributed by atoms with Crippen LogP contribution < -0.4 is 10.6 Å². The van der Waals surface area contributed by atoms with E-state index in [-0.39, 0.29) is 0 Å². The van der Waals surface area contributed by atoms with E-state index in [2.05, 4.69) is 107 Å². The first kappa shape index (κ1) is 98.6. The summed E-state index contributed by atoms with van der Waals surface area (Å²) in [5, 5.41) is 7.95. The van der Waals surface area contributed by atoms with Gasteiger partial charge >= 0.3 is 0 Å². The fraction of sp³-hybridized carbons (Fsp3) is 0.800. The van der Waals surface area contributed by atoms with Crippen molar-refractivity contribution in [3.05, 3.63) is 88.0 Å². The molecule has 0 fully saturated rings. The molecule has 0 radical (unpaired) electrons. The highest BCUT2D eigenvalue weighted by atomic mass is 15.2. The molecule has 4 aromatic rings. The van der Waals surface area contributed by atoms with Gasteiger partial charge in [-0.25, -0.2) is 0 Å². The van der Waals surface area contributed by atoms with Crippen molar-refractivity contribution < 1.29 is 0 Å². The molecule has 0 bridgehead atoms. The van der Waals surface area contributed by atoms with Crippen LogP contribution in [0.5, 0.6) is 0 Å². The summed E-state index contributed by atoms with van der Waals surface area (Å²) in [5.74, 6) is 2.00. The number of unbranched alkanes of at least 4 members (excludes halogenated alkanes) is 66. The van der Waals surface area contributed by atoms with Gasteiger partial charge in [0.15, 0.2) is 5.82 Å². The summed E-state index contributed by atoms with van der Waals surface area (Å²) in [7, 11) is 0. The minimum atomic E-state index is 0.639. The Morgan fingerprint density at radius 1 is 0.191 bits per heavy atom. The summed E-state index contributed by atoms with van der Waals surface area (Å²) < 4.78 is 0. The molecule has 0 spiro atoms. The molecule has 4 rings (SSSR count). The number of nitrogens with one attached hydrogen (secondary N) is 2. The topological polar surface area (TPSA) is 62.7 Å². The number of nitrogens with zero attached hydrogens (tertiary/aromatic N) is 3. The first-order chi connectivity index (χ1) is 54.5. The molecular weight excluding hydrogens is 1330 g/mol. The Kier molecular flexibility index (Phi) is 66.5. The summed E-state index contributed by atoms with van der Waals surface area (Å²) >= 11 is 0. The van der Waals surface area contributed by atoms with Crippen LogP contribution in [-0.4, -0.2) is 15.0 Å². The van der Waals surface area contributed by atoms with Crippen LogP contribution in [-0.2, 0) is 38.5 Å². The average molecular weight is 1520 g/mol. The van der Waals surface area contributed by atoms with Crippen LogP contribution in [0, 0.1) is 0 Å². The van der Waals surface area contributed by atoms with Crippen molar-refractivity contribution in [3.63, 3.8) is 0 Å². The molecule has 0 saturated heterocycles. The Bertz CT molecular complexity index is 2370. The van der Waals surface area contributed by atoms with E-state index >= 15 is 0 Å². The Labute approximate surface area is 686 Å². The van der Waals surface area contributed by atoms with Crippen LogP contribution in [0.15, 0.2) is 54.6 Å². The largest absolute Gasteiger partial charge is 0.324 e. The van der Waals surface area contributed by atoms with Crippen molar-refractivity contribution >= 4 is 23.3 Å². The van der Waals surface area contributed by atoms with Crippen molar-refractivity contribution in [1.29, 1.82) is 0 Å². The van der Waals surface area contributed by atoms with Crippen molar-refractivity contribution in [2.24, 2.45) is 0 Å². The molecule has 1 aromatic heterocycles. The minimum Gasteiger partial charge on any atom is -0.324 e. The van der Waals surface area contributed by atoms with E-state index in [1.807, 2.05) is 0 Å². The molecule has 5 nitrogen and oxygen atoms in total. The van der Waals surface area contributed by atoms with Gasteiger partial charge in [-0.15, -0.1) is 0 Å². The van der Waals surface area contributed by atoms with Gasteiger partial charge in [0, 0.05) is 16.9 Å². The maximum absolute atomic E-state index is 5.44. The SMILES string of the molecule is CCCCCCCCCCCCCCc1cc(Nc2nc(Nc3cc(CCCCCCCCCCCCCC)c(CCCCCCCCCCCCCC)c(CCCCCCCCCCCCCC)c3)nc(-c3ccccc3)n2)cc(CCCCCCCCCCCCCC)c1CCCCCCCCCCCCCC. The molecule has 0 aliphatic rings. The number of hydrogen-bond donors (Lipinski definition) is 2. The van der Waals surface area contributed by atoms with E-state index < -0.39 is 0 Å². The summed E-state index contributed by atoms with van der Waals surface area (Å²) in [6.07, 6.45) is 107. The highest BCUT2D eigenvalue weighted by molar-refractivity contribution is 5.66. The van der Waals surface area contributed by atoms with Crippen LogP contribution in [0.1, 0.15) is 537 Å². The molecule has 5 heteroatoms. The standard InChI is InChI=1S/C105H185N5/c1-7-13-19-25-31-37-43-49-55-61-67-74-84-95-90-99(91-96(85-75-68-62-56-50-44-38-32-26-20-14-8-2)101(95)88-80-71-65-59-53-47-41-35-29-23-17-11-5)106-104-108-103(94-82-78-73-79-83-94)109-105(110-104)107-100-92-97(86-76-69-63-57-51-45-39-33-27-21-15-9-3)102(89-81-72-66-60-54-48-42-36-30-24-18-12-6)98(93-100)87-77-70-64-58-52-46-40-34-28-22-16-10-4/h73,78-79,82-83,90-93H,7-72,74-77,80-81,84-89H2,1-6H3,(H2,106,107,108,109,110). The van der Waals surface area contributed by atoms with Crippen LogP contribution >= 0.6 is 0 Å². The average Bonchev–Trinajstić information content (AvgIpc) is 0.800. The van der Waals surface area contributed by atoms with E-state index in [1.54, 1.807) is 33.4 Å². The third kappa shape index (κ3) is 53.4. The Hall–Kier alpha value is -3.73. The van der Waals surface area contributed by atoms with Gasteiger partial charge in [0.25, 0.3) is 0 Å². The summed E-state index contributed by atoms with van der Waals surface area (Å²) in [6, 6.07) is 21.0. The highest BCUT2D eigenvalue weighted by Crippen LogP contribution is 2.34. The Morgan fingerprint density at radius 2 is 0.364 bits per heavy atom. The fourth-order valence-corrected chi connectivity index (χ4v) is 17.6. The van der Waals surface area contributed by atoms with Crippen LogP contribution in [0.4, 0.5) is 23.3 Å². The third-order valence-corrected chi connectivity index (χ3v) is 24.8. The van der Waals surface area contributed by atoms with Crippen molar-refractivity contribution in [3.8, 4) is 11.4 Å². The lowest BCUT2D eigenvalue weighted by atomic mass is 9.89. The zero-order valence-electron chi connectivity index (χ0n) is 74.7. The second-order valence-corrected chi connectivity index (χ2v) is 35.3. The Balaban J connectivity index is 1.70. The van der Waals surface area contributed by atoms with Crippen LogP contribution in [0.25, 0.3) is 11.4 Å². The predicted octanol–water partition coefficient (Wildman–Crippen LogP) is 36.5. The van der Waals surface area contributed by atoms with E-state index in [9.17, 15) is 0 Å². The fourth-order valence-electron chi connectivity index (χ4n) is 17.6. The molecular formula is C105H185N5. The van der Waals surface area contributed by atoms with E-state index in [0.717, 1.165) is 48.4 Å². The van der Waals surface area contributed by atoms with Gasteiger partial charge in [0.05, 0.1) is 0 Å². The Morgan fingerprint density at radius 3 is 0.555 bits per heavy atom. The second kappa shape index (κ2) is 74.1. The lowest BCUT2D eigenvalue weighted by Crippen LogP contribution is -2.09. The van der Waals surface area contributed by atoms with Gasteiger partial charge in [-0.2, -0.15) is 15.0 Å². The van der Waals surface area contributed by atoms with Gasteiger partial charge in [-0.05, 0) is 135 Å². The second-order valence-electron chi connectivity index (χ2n) is 35.3. The molecule has 2 N–H and O–H groups in total. The predicted molar refractivity (Wildman–Crippen MR) is 493 cm³/mol. The molecule has 110 heavy (non-hydrogen) atoms. The van der Waals surface area contributed by atoms with Gasteiger partial charge < -0.3 is 10.6 Å². The number of aryl methyl sites for hydroxylation is 4. The smallest absolute Gasteiger partial charge is 0.232 e.